The third-order valence-corrected chi connectivity index (χ3v) is 5.08. The first-order valence-electron chi connectivity index (χ1n) is 8.88. The number of nitrogens with zero attached hydrogens (tertiary/aromatic N) is 3. The summed E-state index contributed by atoms with van der Waals surface area (Å²) in [6, 6.07) is 6.60. The molecule has 2 N–H and O–H groups in total. The van der Waals surface area contributed by atoms with Crippen LogP contribution in [-0.4, -0.2) is 66.1 Å². The zero-order valence-electron chi connectivity index (χ0n) is 14.5. The molecule has 0 saturated carbocycles. The second-order valence-electron chi connectivity index (χ2n) is 6.94. The van der Waals surface area contributed by atoms with Crippen molar-refractivity contribution in [1.29, 1.82) is 0 Å². The summed E-state index contributed by atoms with van der Waals surface area (Å²) >= 11 is 0. The molecule has 0 bridgehead atoms. The Morgan fingerprint density at radius 2 is 2.08 bits per heavy atom. The number of nitrogens with two attached hydrogens (primary N) is 1. The fourth-order valence-corrected chi connectivity index (χ4v) is 3.73. The number of aryl methyl sites for hydroxylation is 1. The molecule has 0 radical (unpaired) electrons. The molecular weight excluding hydrogens is 304 g/mol. The summed E-state index contributed by atoms with van der Waals surface area (Å²) in [6.07, 6.45) is 2.09. The van der Waals surface area contributed by atoms with Gasteiger partial charge in [-0.15, -0.1) is 0 Å². The number of aromatic nitrogens is 1. The van der Waals surface area contributed by atoms with E-state index in [1.165, 1.54) is 0 Å². The van der Waals surface area contributed by atoms with Gasteiger partial charge in [0.15, 0.2) is 0 Å². The van der Waals surface area contributed by atoms with Crippen LogP contribution < -0.4 is 5.73 Å². The number of carbonyl (C=O) groups excluding carboxylic acids is 1. The minimum Gasteiger partial charge on any atom is -0.381 e. The molecule has 0 aliphatic carbocycles. The van der Waals surface area contributed by atoms with Gasteiger partial charge in [0.05, 0.1) is 11.6 Å². The highest BCUT2D eigenvalue weighted by Gasteiger charge is 2.31. The van der Waals surface area contributed by atoms with Gasteiger partial charge in [-0.05, 0) is 31.9 Å². The van der Waals surface area contributed by atoms with Crippen LogP contribution in [0.2, 0.25) is 0 Å². The summed E-state index contributed by atoms with van der Waals surface area (Å²) in [6.45, 7) is 7.80. The van der Waals surface area contributed by atoms with Crippen LogP contribution in [0, 0.1) is 12.8 Å². The van der Waals surface area contributed by atoms with Crippen LogP contribution >= 0.6 is 0 Å². The summed E-state index contributed by atoms with van der Waals surface area (Å²) in [7, 11) is 0. The predicted molar refractivity (Wildman–Crippen MR) is 92.3 cm³/mol. The average Bonchev–Trinajstić information content (AvgIpc) is 2.79. The Morgan fingerprint density at radius 3 is 2.79 bits per heavy atom. The smallest absolute Gasteiger partial charge is 0.223 e. The van der Waals surface area contributed by atoms with Crippen LogP contribution in [0.3, 0.4) is 0 Å². The van der Waals surface area contributed by atoms with Crippen LogP contribution in [0.25, 0.3) is 0 Å². The fourth-order valence-electron chi connectivity index (χ4n) is 3.73. The van der Waals surface area contributed by atoms with Crippen LogP contribution in [-0.2, 0) is 16.1 Å². The second-order valence-corrected chi connectivity index (χ2v) is 6.94. The van der Waals surface area contributed by atoms with Crippen LogP contribution in [0.1, 0.15) is 24.2 Å². The molecule has 3 rings (SSSR count). The first-order chi connectivity index (χ1) is 11.6. The monoisotopic (exact) mass is 332 g/mol. The van der Waals surface area contributed by atoms with Crippen molar-refractivity contribution in [2.45, 2.75) is 32.4 Å². The van der Waals surface area contributed by atoms with E-state index in [4.69, 9.17) is 10.5 Å². The lowest BCUT2D eigenvalue weighted by Crippen LogP contribution is -2.44. The topological polar surface area (TPSA) is 71.7 Å². The molecular formula is C18H28N4O2. The van der Waals surface area contributed by atoms with Crippen molar-refractivity contribution in [3.63, 3.8) is 0 Å². The maximum Gasteiger partial charge on any atom is 0.223 e. The summed E-state index contributed by atoms with van der Waals surface area (Å²) in [5, 5.41) is 0. The first kappa shape index (κ1) is 17.3. The van der Waals surface area contributed by atoms with E-state index < -0.39 is 0 Å². The third-order valence-electron chi connectivity index (χ3n) is 5.08. The second kappa shape index (κ2) is 8.05. The van der Waals surface area contributed by atoms with E-state index >= 15 is 0 Å². The zero-order chi connectivity index (χ0) is 16.9. The Kier molecular flexibility index (Phi) is 5.81. The van der Waals surface area contributed by atoms with Crippen molar-refractivity contribution in [2.24, 2.45) is 11.7 Å². The lowest BCUT2D eigenvalue weighted by molar-refractivity contribution is -0.122. The van der Waals surface area contributed by atoms with Gasteiger partial charge in [-0.3, -0.25) is 19.6 Å². The standard InChI is InChI=1S/C18H28N4O2/c1-14-3-2-4-16(20-14)13-21-7-8-22(12-15(11-21)18(19)23)17-5-9-24-10-6-17/h2-4,15,17H,5-13H2,1H3,(H2,19,23). The molecule has 1 atom stereocenters. The Labute approximate surface area is 144 Å². The summed E-state index contributed by atoms with van der Waals surface area (Å²) in [5.74, 6) is -0.323. The number of hydrogen-bond acceptors (Lipinski definition) is 5. The minimum absolute atomic E-state index is 0.125. The molecule has 1 amide bonds. The number of pyridine rings is 1. The SMILES string of the molecule is Cc1cccc(CN2CCN(C3CCOCC3)CC(C(N)=O)C2)n1. The molecule has 2 aliphatic rings. The number of amides is 1. The van der Waals surface area contributed by atoms with E-state index in [2.05, 4.69) is 14.8 Å². The van der Waals surface area contributed by atoms with Crippen molar-refractivity contribution in [3.05, 3.63) is 29.6 Å². The Morgan fingerprint density at radius 1 is 1.29 bits per heavy atom. The van der Waals surface area contributed by atoms with Gasteiger partial charge < -0.3 is 10.5 Å². The van der Waals surface area contributed by atoms with Gasteiger partial charge in [0.25, 0.3) is 0 Å². The van der Waals surface area contributed by atoms with E-state index in [0.29, 0.717) is 12.6 Å². The minimum atomic E-state index is -0.198. The van der Waals surface area contributed by atoms with Crippen LogP contribution in [0.15, 0.2) is 18.2 Å². The van der Waals surface area contributed by atoms with E-state index in [1.807, 2.05) is 25.1 Å². The predicted octanol–water partition coefficient (Wildman–Crippen LogP) is 0.788. The largest absolute Gasteiger partial charge is 0.381 e. The fraction of sp³-hybridized carbons (Fsp3) is 0.667. The number of ether oxygens (including phenoxy) is 1. The number of hydrogen-bond donors (Lipinski definition) is 1. The highest BCUT2D eigenvalue weighted by atomic mass is 16.5. The zero-order valence-corrected chi connectivity index (χ0v) is 14.5. The molecule has 0 aromatic carbocycles. The molecule has 2 aliphatic heterocycles. The molecule has 1 aromatic heterocycles. The van der Waals surface area contributed by atoms with Gasteiger partial charge in [-0.1, -0.05) is 6.07 Å². The third kappa shape index (κ3) is 4.53. The molecule has 1 aromatic rings. The highest BCUT2D eigenvalue weighted by Crippen LogP contribution is 2.20. The van der Waals surface area contributed by atoms with Gasteiger partial charge in [-0.2, -0.15) is 0 Å². The molecule has 2 saturated heterocycles. The first-order valence-corrected chi connectivity index (χ1v) is 8.88. The molecule has 6 heteroatoms. The maximum atomic E-state index is 11.9. The number of carbonyl (C=O) groups is 1. The van der Waals surface area contributed by atoms with Gasteiger partial charge >= 0.3 is 0 Å². The Balaban J connectivity index is 1.67. The summed E-state index contributed by atoms with van der Waals surface area (Å²) in [4.78, 5) is 21.3. The van der Waals surface area contributed by atoms with Crippen LogP contribution in [0.4, 0.5) is 0 Å². The molecule has 3 heterocycles. The van der Waals surface area contributed by atoms with Gasteiger partial charge in [-0.25, -0.2) is 0 Å². The molecule has 0 spiro atoms. The van der Waals surface area contributed by atoms with Crippen molar-refractivity contribution >= 4 is 5.91 Å². The molecule has 2 fully saturated rings. The van der Waals surface area contributed by atoms with E-state index in [9.17, 15) is 4.79 Å². The highest BCUT2D eigenvalue weighted by molar-refractivity contribution is 5.77. The lowest BCUT2D eigenvalue weighted by Gasteiger charge is -2.34. The van der Waals surface area contributed by atoms with Crippen molar-refractivity contribution < 1.29 is 9.53 Å². The quantitative estimate of drug-likeness (QED) is 0.882. The average molecular weight is 332 g/mol. The van der Waals surface area contributed by atoms with E-state index in [0.717, 1.165) is 63.6 Å². The molecule has 24 heavy (non-hydrogen) atoms. The van der Waals surface area contributed by atoms with Gasteiger partial charge in [0, 0.05) is 57.7 Å². The number of rotatable bonds is 4. The van der Waals surface area contributed by atoms with Crippen LogP contribution in [0.5, 0.6) is 0 Å². The summed E-state index contributed by atoms with van der Waals surface area (Å²) in [5.41, 5.74) is 7.75. The molecule has 1 unspecified atom stereocenters. The Hall–Kier alpha value is -1.50. The lowest BCUT2D eigenvalue weighted by atomic mass is 10.0. The van der Waals surface area contributed by atoms with E-state index in [-0.39, 0.29) is 11.8 Å². The summed E-state index contributed by atoms with van der Waals surface area (Å²) < 4.78 is 5.47. The molecule has 6 nitrogen and oxygen atoms in total. The maximum absolute atomic E-state index is 11.9. The Bertz CT molecular complexity index is 560. The number of primary amides is 1. The van der Waals surface area contributed by atoms with Crippen molar-refractivity contribution in [1.82, 2.24) is 14.8 Å². The normalized spacial score (nSPS) is 24.6. The molecule has 132 valence electrons. The van der Waals surface area contributed by atoms with Crippen molar-refractivity contribution in [3.8, 4) is 0 Å². The van der Waals surface area contributed by atoms with E-state index in [1.54, 1.807) is 0 Å². The van der Waals surface area contributed by atoms with Gasteiger partial charge in [0.2, 0.25) is 5.91 Å². The van der Waals surface area contributed by atoms with Crippen molar-refractivity contribution in [2.75, 3.05) is 39.4 Å². The van der Waals surface area contributed by atoms with Gasteiger partial charge in [0.1, 0.15) is 0 Å².